The van der Waals surface area contributed by atoms with Crippen LogP contribution in [0.5, 0.6) is 0 Å². The van der Waals surface area contributed by atoms with E-state index in [1.54, 1.807) is 0 Å². The predicted octanol–water partition coefficient (Wildman–Crippen LogP) is 2.52. The summed E-state index contributed by atoms with van der Waals surface area (Å²) in [6, 6.07) is 9.59. The highest BCUT2D eigenvalue weighted by molar-refractivity contribution is 5.17. The average Bonchev–Trinajstić information content (AvgIpc) is 2.29. The van der Waals surface area contributed by atoms with Gasteiger partial charge in [-0.05, 0) is 24.3 Å². The third-order valence-electron chi connectivity index (χ3n) is 2.85. The van der Waals surface area contributed by atoms with Gasteiger partial charge in [-0.3, -0.25) is 0 Å². The Morgan fingerprint density at radius 1 is 1.13 bits per heavy atom. The molecule has 1 rings (SSSR count). The Bertz CT molecular complexity index is 271. The Labute approximate surface area is 91.6 Å². The molecule has 0 aromatic heterocycles. The minimum Gasteiger partial charge on any atom is -0.393 e. The molecule has 84 valence electrons. The standard InChI is InChI=1S/C13H20O2/c1-3-12(14)10(2)9-13(15)11-7-5-4-6-8-11/h4-8,10,12-15H,3,9H2,1-2H3. The maximum Gasteiger partial charge on any atom is 0.0793 e. The van der Waals surface area contributed by atoms with Crippen LogP contribution in [-0.4, -0.2) is 16.3 Å². The maximum atomic E-state index is 9.92. The molecule has 0 aliphatic heterocycles. The Morgan fingerprint density at radius 3 is 2.27 bits per heavy atom. The van der Waals surface area contributed by atoms with Gasteiger partial charge in [0.25, 0.3) is 0 Å². The molecule has 0 fully saturated rings. The van der Waals surface area contributed by atoms with Gasteiger partial charge in [0.1, 0.15) is 0 Å². The van der Waals surface area contributed by atoms with Crippen molar-refractivity contribution >= 4 is 0 Å². The van der Waals surface area contributed by atoms with Crippen molar-refractivity contribution in [2.45, 2.75) is 38.9 Å². The molecule has 1 aromatic rings. The van der Waals surface area contributed by atoms with Gasteiger partial charge in [0, 0.05) is 0 Å². The molecule has 0 saturated carbocycles. The van der Waals surface area contributed by atoms with E-state index in [9.17, 15) is 10.2 Å². The molecule has 1 aromatic carbocycles. The molecule has 0 aliphatic carbocycles. The van der Waals surface area contributed by atoms with Crippen molar-refractivity contribution in [3.8, 4) is 0 Å². The van der Waals surface area contributed by atoms with Gasteiger partial charge in [0.2, 0.25) is 0 Å². The molecule has 2 N–H and O–H groups in total. The maximum absolute atomic E-state index is 9.92. The molecule has 3 unspecified atom stereocenters. The van der Waals surface area contributed by atoms with Crippen molar-refractivity contribution in [2.75, 3.05) is 0 Å². The van der Waals surface area contributed by atoms with Crippen LogP contribution in [0.4, 0.5) is 0 Å². The van der Waals surface area contributed by atoms with Gasteiger partial charge < -0.3 is 10.2 Å². The topological polar surface area (TPSA) is 40.5 Å². The SMILES string of the molecule is CCC(O)C(C)CC(O)c1ccccc1. The van der Waals surface area contributed by atoms with Crippen molar-refractivity contribution in [3.63, 3.8) is 0 Å². The van der Waals surface area contributed by atoms with Crippen LogP contribution in [0, 0.1) is 5.92 Å². The van der Waals surface area contributed by atoms with Crippen molar-refractivity contribution in [3.05, 3.63) is 35.9 Å². The molecule has 2 heteroatoms. The highest BCUT2D eigenvalue weighted by Crippen LogP contribution is 2.23. The molecule has 0 bridgehead atoms. The highest BCUT2D eigenvalue weighted by atomic mass is 16.3. The molecular weight excluding hydrogens is 188 g/mol. The first-order valence-electron chi connectivity index (χ1n) is 5.56. The number of aliphatic hydroxyl groups excluding tert-OH is 2. The molecule has 0 heterocycles. The van der Waals surface area contributed by atoms with Crippen molar-refractivity contribution < 1.29 is 10.2 Å². The van der Waals surface area contributed by atoms with Crippen molar-refractivity contribution in [1.82, 2.24) is 0 Å². The lowest BCUT2D eigenvalue weighted by Crippen LogP contribution is -2.18. The van der Waals surface area contributed by atoms with E-state index in [4.69, 9.17) is 0 Å². The highest BCUT2D eigenvalue weighted by Gasteiger charge is 2.17. The van der Waals surface area contributed by atoms with Crippen molar-refractivity contribution in [1.29, 1.82) is 0 Å². The predicted molar refractivity (Wildman–Crippen MR) is 61.5 cm³/mol. The fraction of sp³-hybridized carbons (Fsp3) is 0.538. The Kier molecular flexibility index (Phi) is 4.79. The number of rotatable bonds is 5. The van der Waals surface area contributed by atoms with Crippen LogP contribution in [0.3, 0.4) is 0 Å². The minimum atomic E-state index is -0.470. The van der Waals surface area contributed by atoms with E-state index in [1.807, 2.05) is 44.2 Å². The van der Waals surface area contributed by atoms with Crippen LogP contribution >= 0.6 is 0 Å². The van der Waals surface area contributed by atoms with E-state index in [2.05, 4.69) is 0 Å². The fourth-order valence-electron chi connectivity index (χ4n) is 1.72. The number of hydrogen-bond acceptors (Lipinski definition) is 2. The van der Waals surface area contributed by atoms with Crippen LogP contribution in [0.15, 0.2) is 30.3 Å². The van der Waals surface area contributed by atoms with Gasteiger partial charge >= 0.3 is 0 Å². The molecule has 2 nitrogen and oxygen atoms in total. The molecule has 0 radical (unpaired) electrons. The normalized spacial score (nSPS) is 17.1. The zero-order chi connectivity index (χ0) is 11.3. The van der Waals surface area contributed by atoms with E-state index in [1.165, 1.54) is 0 Å². The molecule has 0 saturated heterocycles. The van der Waals surface area contributed by atoms with Gasteiger partial charge in [-0.2, -0.15) is 0 Å². The molecular formula is C13H20O2. The molecule has 0 amide bonds. The van der Waals surface area contributed by atoms with Crippen LogP contribution in [0.25, 0.3) is 0 Å². The zero-order valence-corrected chi connectivity index (χ0v) is 9.43. The lowest BCUT2D eigenvalue weighted by Gasteiger charge is -2.20. The summed E-state index contributed by atoms with van der Waals surface area (Å²) in [6.07, 6.45) is 0.563. The van der Waals surface area contributed by atoms with E-state index in [0.29, 0.717) is 6.42 Å². The monoisotopic (exact) mass is 208 g/mol. The first kappa shape index (κ1) is 12.2. The quantitative estimate of drug-likeness (QED) is 0.780. The molecule has 15 heavy (non-hydrogen) atoms. The Balaban J connectivity index is 2.52. The van der Waals surface area contributed by atoms with Gasteiger partial charge in [0.15, 0.2) is 0 Å². The first-order chi connectivity index (χ1) is 7.15. The number of aliphatic hydroxyl groups is 2. The summed E-state index contributed by atoms with van der Waals surface area (Å²) in [5.74, 6) is 0.130. The van der Waals surface area contributed by atoms with Gasteiger partial charge in [-0.1, -0.05) is 44.2 Å². The summed E-state index contributed by atoms with van der Waals surface area (Å²) in [4.78, 5) is 0. The summed E-state index contributed by atoms with van der Waals surface area (Å²) in [7, 11) is 0. The summed E-state index contributed by atoms with van der Waals surface area (Å²) in [5.41, 5.74) is 0.924. The lowest BCUT2D eigenvalue weighted by molar-refractivity contribution is 0.0669. The minimum absolute atomic E-state index is 0.130. The largest absolute Gasteiger partial charge is 0.393 e. The van der Waals surface area contributed by atoms with E-state index < -0.39 is 6.10 Å². The Morgan fingerprint density at radius 2 is 1.73 bits per heavy atom. The van der Waals surface area contributed by atoms with Gasteiger partial charge in [0.05, 0.1) is 12.2 Å². The Hall–Kier alpha value is -0.860. The molecule has 0 spiro atoms. The third kappa shape index (κ3) is 3.65. The average molecular weight is 208 g/mol. The van der Waals surface area contributed by atoms with E-state index in [0.717, 1.165) is 12.0 Å². The van der Waals surface area contributed by atoms with Gasteiger partial charge in [-0.25, -0.2) is 0 Å². The second-order valence-electron chi connectivity index (χ2n) is 4.12. The van der Waals surface area contributed by atoms with E-state index >= 15 is 0 Å². The van der Waals surface area contributed by atoms with Crippen LogP contribution in [0.1, 0.15) is 38.4 Å². The third-order valence-corrected chi connectivity index (χ3v) is 2.85. The van der Waals surface area contributed by atoms with Crippen molar-refractivity contribution in [2.24, 2.45) is 5.92 Å². The van der Waals surface area contributed by atoms with Crippen LogP contribution in [0.2, 0.25) is 0 Å². The lowest BCUT2D eigenvalue weighted by atomic mass is 9.93. The summed E-state index contributed by atoms with van der Waals surface area (Å²) < 4.78 is 0. The first-order valence-corrected chi connectivity index (χ1v) is 5.56. The van der Waals surface area contributed by atoms with Crippen LogP contribution in [-0.2, 0) is 0 Å². The summed E-state index contributed by atoms with van der Waals surface area (Å²) in [5, 5.41) is 19.5. The summed E-state index contributed by atoms with van der Waals surface area (Å²) >= 11 is 0. The second-order valence-corrected chi connectivity index (χ2v) is 4.12. The summed E-state index contributed by atoms with van der Waals surface area (Å²) in [6.45, 7) is 3.93. The number of benzene rings is 1. The van der Waals surface area contributed by atoms with E-state index in [-0.39, 0.29) is 12.0 Å². The van der Waals surface area contributed by atoms with Gasteiger partial charge in [-0.15, -0.1) is 0 Å². The molecule has 0 aliphatic rings. The van der Waals surface area contributed by atoms with Crippen LogP contribution < -0.4 is 0 Å². The smallest absolute Gasteiger partial charge is 0.0793 e. The number of hydrogen-bond donors (Lipinski definition) is 2. The second kappa shape index (κ2) is 5.89. The molecule has 3 atom stereocenters. The fourth-order valence-corrected chi connectivity index (χ4v) is 1.72. The zero-order valence-electron chi connectivity index (χ0n) is 9.43.